The molecule has 5 rings (SSSR count). The highest BCUT2D eigenvalue weighted by atomic mass is 16.5. The van der Waals surface area contributed by atoms with Crippen LogP contribution in [0.1, 0.15) is 51.2 Å². The molecule has 0 atom stereocenters. The number of amides is 2. The highest BCUT2D eigenvalue weighted by Crippen LogP contribution is 2.42. The zero-order chi connectivity index (χ0) is 20.7. The topological polar surface area (TPSA) is 97.4 Å². The number of para-hydroxylation sites is 1. The van der Waals surface area contributed by atoms with Gasteiger partial charge in [-0.3, -0.25) is 9.59 Å². The van der Waals surface area contributed by atoms with Gasteiger partial charge in [0.05, 0.1) is 17.1 Å². The molecular weight excluding hydrogens is 384 g/mol. The van der Waals surface area contributed by atoms with Crippen LogP contribution < -0.4 is 0 Å². The normalized spacial score (nSPS) is 16.7. The van der Waals surface area contributed by atoms with Gasteiger partial charge in [-0.25, -0.2) is 4.68 Å². The molecule has 30 heavy (non-hydrogen) atoms. The number of benzene rings is 1. The molecule has 0 spiro atoms. The van der Waals surface area contributed by atoms with Crippen molar-refractivity contribution < 1.29 is 14.1 Å². The Bertz CT molecular complexity index is 1080. The number of hydrogen-bond donors (Lipinski definition) is 0. The Hall–Kier alpha value is -3.49. The largest absolute Gasteiger partial charge is 0.351 e. The van der Waals surface area contributed by atoms with E-state index in [0.29, 0.717) is 43.5 Å². The SMILES string of the molecule is Cc1cc(C(=O)N2CCN(C(=O)c3nnn(-c4ccccc4)c3C3CC3)CC2)on1. The van der Waals surface area contributed by atoms with Gasteiger partial charge in [0.1, 0.15) is 0 Å². The second-order valence-electron chi connectivity index (χ2n) is 7.76. The van der Waals surface area contributed by atoms with Crippen LogP contribution in [0.25, 0.3) is 5.69 Å². The fraction of sp³-hybridized carbons (Fsp3) is 0.381. The summed E-state index contributed by atoms with van der Waals surface area (Å²) < 4.78 is 6.86. The van der Waals surface area contributed by atoms with Crippen molar-refractivity contribution in [2.75, 3.05) is 26.2 Å². The predicted octanol–water partition coefficient (Wildman–Crippen LogP) is 2.04. The molecule has 0 radical (unpaired) electrons. The summed E-state index contributed by atoms with van der Waals surface area (Å²) in [4.78, 5) is 29.2. The average Bonchev–Trinajstić information content (AvgIpc) is 3.38. The molecule has 9 heteroatoms. The maximum absolute atomic E-state index is 13.2. The minimum absolute atomic E-state index is 0.123. The summed E-state index contributed by atoms with van der Waals surface area (Å²) in [7, 11) is 0. The first-order valence-electron chi connectivity index (χ1n) is 10.1. The summed E-state index contributed by atoms with van der Waals surface area (Å²) in [5.41, 5.74) is 2.89. The standard InChI is InChI=1S/C21H22N6O3/c1-14-13-17(30-23-14)20(28)25-9-11-26(12-10-25)21(29)18-19(15-7-8-15)27(24-22-18)16-5-3-2-4-6-16/h2-6,13,15H,7-12H2,1H3. The van der Waals surface area contributed by atoms with Crippen LogP contribution in [0.2, 0.25) is 0 Å². The van der Waals surface area contributed by atoms with E-state index in [2.05, 4.69) is 15.5 Å². The third kappa shape index (κ3) is 3.36. The molecule has 3 aromatic rings. The van der Waals surface area contributed by atoms with Gasteiger partial charge in [0.15, 0.2) is 5.69 Å². The van der Waals surface area contributed by atoms with E-state index in [0.717, 1.165) is 24.2 Å². The lowest BCUT2D eigenvalue weighted by Gasteiger charge is -2.34. The maximum Gasteiger partial charge on any atom is 0.292 e. The van der Waals surface area contributed by atoms with Gasteiger partial charge in [-0.15, -0.1) is 5.10 Å². The van der Waals surface area contributed by atoms with E-state index in [1.807, 2.05) is 30.3 Å². The molecule has 1 saturated carbocycles. The van der Waals surface area contributed by atoms with Gasteiger partial charge in [0.2, 0.25) is 5.76 Å². The molecule has 0 unspecified atom stereocenters. The summed E-state index contributed by atoms with van der Waals surface area (Å²) in [5.74, 6) is 0.226. The van der Waals surface area contributed by atoms with Crippen LogP contribution in [-0.4, -0.2) is 67.9 Å². The number of piperazine rings is 1. The first-order valence-corrected chi connectivity index (χ1v) is 10.1. The highest BCUT2D eigenvalue weighted by molar-refractivity contribution is 5.94. The van der Waals surface area contributed by atoms with Crippen molar-refractivity contribution >= 4 is 11.8 Å². The number of aromatic nitrogens is 4. The summed E-state index contributed by atoms with van der Waals surface area (Å²) >= 11 is 0. The van der Waals surface area contributed by atoms with Gasteiger partial charge in [-0.2, -0.15) is 0 Å². The fourth-order valence-electron chi connectivity index (χ4n) is 3.81. The molecule has 1 aromatic carbocycles. The Morgan fingerprint density at radius 1 is 1.00 bits per heavy atom. The zero-order valence-electron chi connectivity index (χ0n) is 16.7. The van der Waals surface area contributed by atoms with Crippen molar-refractivity contribution in [3.05, 3.63) is 59.2 Å². The van der Waals surface area contributed by atoms with E-state index in [4.69, 9.17) is 4.52 Å². The summed E-state index contributed by atoms with van der Waals surface area (Å²) in [6, 6.07) is 11.4. The quantitative estimate of drug-likeness (QED) is 0.658. The minimum atomic E-state index is -0.198. The minimum Gasteiger partial charge on any atom is -0.351 e. The van der Waals surface area contributed by atoms with Crippen LogP contribution in [0.4, 0.5) is 0 Å². The molecule has 2 aliphatic rings. The second-order valence-corrected chi connectivity index (χ2v) is 7.76. The van der Waals surface area contributed by atoms with Crippen molar-refractivity contribution in [2.45, 2.75) is 25.7 Å². The summed E-state index contributed by atoms with van der Waals surface area (Å²) in [6.45, 7) is 3.54. The number of nitrogens with zero attached hydrogens (tertiary/aromatic N) is 6. The molecular formula is C21H22N6O3. The van der Waals surface area contributed by atoms with Gasteiger partial charge in [0.25, 0.3) is 11.8 Å². The van der Waals surface area contributed by atoms with Gasteiger partial charge in [0, 0.05) is 38.2 Å². The fourth-order valence-corrected chi connectivity index (χ4v) is 3.81. The summed E-state index contributed by atoms with van der Waals surface area (Å²) in [5, 5.41) is 12.3. The molecule has 1 aliphatic heterocycles. The number of carbonyl (C=O) groups excluding carboxylic acids is 2. The van der Waals surface area contributed by atoms with E-state index in [-0.39, 0.29) is 17.6 Å². The zero-order valence-corrected chi connectivity index (χ0v) is 16.7. The van der Waals surface area contributed by atoms with E-state index < -0.39 is 0 Å². The van der Waals surface area contributed by atoms with E-state index in [9.17, 15) is 9.59 Å². The third-order valence-electron chi connectivity index (χ3n) is 5.57. The molecule has 9 nitrogen and oxygen atoms in total. The first-order chi connectivity index (χ1) is 14.6. The molecule has 2 aromatic heterocycles. The van der Waals surface area contributed by atoms with Gasteiger partial charge < -0.3 is 14.3 Å². The van der Waals surface area contributed by atoms with Gasteiger partial charge in [-0.1, -0.05) is 28.6 Å². The predicted molar refractivity (Wildman–Crippen MR) is 106 cm³/mol. The molecule has 1 saturated heterocycles. The molecule has 154 valence electrons. The lowest BCUT2D eigenvalue weighted by atomic mass is 10.1. The number of carbonyl (C=O) groups is 2. The van der Waals surface area contributed by atoms with Crippen molar-refractivity contribution in [3.8, 4) is 5.69 Å². The Kier molecular flexibility index (Phi) is 4.57. The average molecular weight is 406 g/mol. The van der Waals surface area contributed by atoms with Crippen molar-refractivity contribution in [3.63, 3.8) is 0 Å². The Morgan fingerprint density at radius 3 is 2.27 bits per heavy atom. The number of aryl methyl sites for hydroxylation is 1. The first kappa shape index (κ1) is 18.5. The molecule has 2 fully saturated rings. The van der Waals surface area contributed by atoms with Gasteiger partial charge in [-0.05, 0) is 31.9 Å². The van der Waals surface area contributed by atoms with Crippen molar-refractivity contribution in [1.29, 1.82) is 0 Å². The molecule has 0 N–H and O–H groups in total. The van der Waals surface area contributed by atoms with Gasteiger partial charge >= 0.3 is 0 Å². The smallest absolute Gasteiger partial charge is 0.292 e. The lowest BCUT2D eigenvalue weighted by molar-refractivity contribution is 0.0509. The molecule has 0 bridgehead atoms. The van der Waals surface area contributed by atoms with Crippen LogP contribution in [0, 0.1) is 6.92 Å². The maximum atomic E-state index is 13.2. The molecule has 1 aliphatic carbocycles. The van der Waals surface area contributed by atoms with Crippen LogP contribution in [-0.2, 0) is 0 Å². The van der Waals surface area contributed by atoms with E-state index in [1.54, 1.807) is 27.5 Å². The van der Waals surface area contributed by atoms with Crippen molar-refractivity contribution in [2.24, 2.45) is 0 Å². The van der Waals surface area contributed by atoms with E-state index >= 15 is 0 Å². The number of hydrogen-bond acceptors (Lipinski definition) is 6. The lowest BCUT2D eigenvalue weighted by Crippen LogP contribution is -2.50. The monoisotopic (exact) mass is 406 g/mol. The Balaban J connectivity index is 1.32. The van der Waals surface area contributed by atoms with Crippen molar-refractivity contribution in [1.82, 2.24) is 30.0 Å². The summed E-state index contributed by atoms with van der Waals surface area (Å²) in [6.07, 6.45) is 2.08. The van der Waals surface area contributed by atoms with Crippen LogP contribution >= 0.6 is 0 Å². The number of rotatable bonds is 4. The van der Waals surface area contributed by atoms with Crippen LogP contribution in [0.5, 0.6) is 0 Å². The Labute approximate surface area is 173 Å². The Morgan fingerprint density at radius 2 is 1.67 bits per heavy atom. The third-order valence-corrected chi connectivity index (χ3v) is 5.57. The van der Waals surface area contributed by atoms with Crippen LogP contribution in [0.15, 0.2) is 40.9 Å². The molecule has 3 heterocycles. The second kappa shape index (κ2) is 7.40. The highest BCUT2D eigenvalue weighted by Gasteiger charge is 2.36. The van der Waals surface area contributed by atoms with Crippen LogP contribution in [0.3, 0.4) is 0 Å². The van der Waals surface area contributed by atoms with E-state index in [1.165, 1.54) is 0 Å². The molecule has 2 amide bonds.